The number of nitrogens with one attached hydrogen (secondary N) is 3. The fourth-order valence-electron chi connectivity index (χ4n) is 7.58. The van der Waals surface area contributed by atoms with Gasteiger partial charge in [-0.05, 0) is 72.2 Å². The normalized spacial score (nSPS) is 11.5. The second kappa shape index (κ2) is 21.7. The Kier molecular flexibility index (Phi) is 15.1. The number of fused-ring (bicyclic) bond motifs is 6. The monoisotopic (exact) mass is 971 g/mol. The number of hydrogen-bond acceptors (Lipinski definition) is 12. The molecule has 370 valence electrons. The van der Waals surface area contributed by atoms with Gasteiger partial charge in [-0.1, -0.05) is 85.7 Å². The molecule has 0 bridgehead atoms. The SMILES string of the molecule is CC(C)COc1cc(C(=O)O)nc2c1ccc1c(OCC(C)C)cc(C(=O)Nc3ccccc3NC(=O)c3cc(OCC(C)C)c4ccc5c(OCC(C)C)cc(C(=O)Nc6ccccc6)nc5c4n3)nc12. The molecule has 0 aliphatic carbocycles. The number of nitrogens with zero attached hydrogens (tertiary/aromatic N) is 4. The largest absolute Gasteiger partial charge is 0.493 e. The molecule has 4 aromatic heterocycles. The second-order valence-electron chi connectivity index (χ2n) is 19.1. The average molecular weight is 972 g/mol. The zero-order valence-electron chi connectivity index (χ0n) is 41.5. The molecule has 0 aliphatic rings. The van der Waals surface area contributed by atoms with Gasteiger partial charge in [-0.15, -0.1) is 0 Å². The fourth-order valence-corrected chi connectivity index (χ4v) is 7.58. The van der Waals surface area contributed by atoms with Gasteiger partial charge >= 0.3 is 5.97 Å². The van der Waals surface area contributed by atoms with E-state index in [0.29, 0.717) is 87.7 Å². The molecule has 4 heterocycles. The van der Waals surface area contributed by atoms with E-state index in [-0.39, 0.29) is 68.9 Å². The van der Waals surface area contributed by atoms with Crippen LogP contribution in [0, 0.1) is 23.7 Å². The number of carbonyl (C=O) groups excluding carboxylic acids is 3. The van der Waals surface area contributed by atoms with Gasteiger partial charge < -0.3 is 40.0 Å². The number of carboxylic acid groups (broad SMARTS) is 1. The van der Waals surface area contributed by atoms with E-state index < -0.39 is 23.7 Å². The lowest BCUT2D eigenvalue weighted by molar-refractivity contribution is 0.0689. The molecule has 0 aliphatic heterocycles. The van der Waals surface area contributed by atoms with Crippen molar-refractivity contribution in [1.29, 1.82) is 0 Å². The van der Waals surface area contributed by atoms with E-state index in [0.717, 1.165) is 0 Å². The highest BCUT2D eigenvalue weighted by atomic mass is 16.5. The van der Waals surface area contributed by atoms with E-state index in [1.165, 1.54) is 12.1 Å². The maximum atomic E-state index is 14.5. The maximum Gasteiger partial charge on any atom is 0.354 e. The van der Waals surface area contributed by atoms with E-state index in [9.17, 15) is 24.3 Å². The van der Waals surface area contributed by atoms with Crippen LogP contribution >= 0.6 is 0 Å². The number of aromatic carboxylic acids is 1. The lowest BCUT2D eigenvalue weighted by Gasteiger charge is -2.17. The van der Waals surface area contributed by atoms with Gasteiger partial charge in [0.15, 0.2) is 5.69 Å². The number of hydrogen-bond donors (Lipinski definition) is 4. The zero-order valence-corrected chi connectivity index (χ0v) is 41.5. The molecule has 0 saturated heterocycles. The van der Waals surface area contributed by atoms with Crippen LogP contribution in [0.5, 0.6) is 23.0 Å². The molecule has 72 heavy (non-hydrogen) atoms. The molecule has 16 heteroatoms. The summed E-state index contributed by atoms with van der Waals surface area (Å²) in [6, 6.07) is 29.0. The Labute approximate surface area is 416 Å². The molecule has 4 N–H and O–H groups in total. The molecule has 16 nitrogen and oxygen atoms in total. The Balaban J connectivity index is 1.18. The van der Waals surface area contributed by atoms with Gasteiger partial charge in [0.05, 0.1) is 37.8 Å². The van der Waals surface area contributed by atoms with Crippen molar-refractivity contribution in [3.05, 3.63) is 126 Å². The number of ether oxygens (including phenoxy) is 4. The molecule has 0 atom stereocenters. The molecule has 8 rings (SSSR count). The summed E-state index contributed by atoms with van der Waals surface area (Å²) in [7, 11) is 0. The number of rotatable bonds is 19. The summed E-state index contributed by atoms with van der Waals surface area (Å²) < 4.78 is 24.9. The number of carboxylic acids is 1. The van der Waals surface area contributed by atoms with Crippen LogP contribution in [-0.2, 0) is 0 Å². The quantitative estimate of drug-likeness (QED) is 0.0556. The van der Waals surface area contributed by atoms with Crippen LogP contribution in [0.4, 0.5) is 17.1 Å². The standard InChI is InChI=1S/C56H57N7O9/c1-30(2)26-69-45-22-41(53(64)57-34-14-10-9-11-15-34)58-49-35(45)18-19-36-46(70-27-31(3)4)23-42(59-50(36)49)54(65)62-39-16-12-13-17-40(39)63-55(66)43-24-47(71-28-32(5)6)37-20-21-38-48(72-29-33(7)8)25-44(56(67)68)61-52(38)51(37)60-43/h9-25,30-33H,26-29H2,1-8H3,(H,57,64)(H,62,65)(H,63,66)(H,67,68). The van der Waals surface area contributed by atoms with E-state index in [4.69, 9.17) is 33.9 Å². The van der Waals surface area contributed by atoms with Crippen molar-refractivity contribution in [3.63, 3.8) is 0 Å². The van der Waals surface area contributed by atoms with Crippen LogP contribution in [0.1, 0.15) is 97.3 Å². The zero-order chi connectivity index (χ0) is 51.2. The Morgan fingerprint density at radius 3 is 1.03 bits per heavy atom. The van der Waals surface area contributed by atoms with Crippen LogP contribution in [0.2, 0.25) is 0 Å². The van der Waals surface area contributed by atoms with Crippen molar-refractivity contribution in [1.82, 2.24) is 19.9 Å². The number of carbonyl (C=O) groups is 4. The van der Waals surface area contributed by atoms with Crippen LogP contribution < -0.4 is 34.9 Å². The van der Waals surface area contributed by atoms with Gasteiger partial charge in [0.1, 0.15) is 62.1 Å². The summed E-state index contributed by atoms with van der Waals surface area (Å²) in [6.07, 6.45) is 0. The third-order valence-electron chi connectivity index (χ3n) is 11.0. The molecule has 4 aromatic carbocycles. The van der Waals surface area contributed by atoms with Crippen LogP contribution in [0.25, 0.3) is 43.6 Å². The van der Waals surface area contributed by atoms with Crippen molar-refractivity contribution in [3.8, 4) is 23.0 Å². The molecule has 8 aromatic rings. The van der Waals surface area contributed by atoms with Gasteiger partial charge in [-0.2, -0.15) is 0 Å². The molecule has 0 spiro atoms. The summed E-state index contributed by atoms with van der Waals surface area (Å²) >= 11 is 0. The van der Waals surface area contributed by atoms with Crippen LogP contribution in [0.3, 0.4) is 0 Å². The molecule has 0 radical (unpaired) electrons. The van der Waals surface area contributed by atoms with Gasteiger partial charge in [-0.3, -0.25) is 14.4 Å². The molecule has 0 fully saturated rings. The number of anilines is 3. The van der Waals surface area contributed by atoms with Gasteiger partial charge in [0, 0.05) is 51.5 Å². The summed E-state index contributed by atoms with van der Waals surface area (Å²) in [5.41, 5.74) is 1.89. The molecular formula is C56H57N7O9. The first-order valence-corrected chi connectivity index (χ1v) is 23.9. The van der Waals surface area contributed by atoms with E-state index in [2.05, 4.69) is 20.9 Å². The molecular weight excluding hydrogens is 915 g/mol. The minimum absolute atomic E-state index is 0.0273. The van der Waals surface area contributed by atoms with Crippen molar-refractivity contribution in [2.24, 2.45) is 23.7 Å². The highest BCUT2D eigenvalue weighted by molar-refractivity contribution is 6.15. The second-order valence-corrected chi connectivity index (χ2v) is 19.1. The highest BCUT2D eigenvalue weighted by Crippen LogP contribution is 2.38. The summed E-state index contributed by atoms with van der Waals surface area (Å²) in [5, 5.41) is 21.0. The summed E-state index contributed by atoms with van der Waals surface area (Å²) in [6.45, 7) is 17.4. The molecule has 0 saturated carbocycles. The predicted octanol–water partition coefficient (Wildman–Crippen LogP) is 11.5. The molecule has 0 unspecified atom stereocenters. The van der Waals surface area contributed by atoms with Crippen LogP contribution in [0.15, 0.2) is 103 Å². The molecule has 3 amide bonds. The van der Waals surface area contributed by atoms with E-state index in [1.54, 1.807) is 60.7 Å². The summed E-state index contributed by atoms with van der Waals surface area (Å²) in [5.74, 6) is -0.941. The number of pyridine rings is 4. The fraction of sp³-hybridized carbons (Fsp3) is 0.286. The first-order valence-electron chi connectivity index (χ1n) is 23.9. The minimum Gasteiger partial charge on any atom is -0.493 e. The third-order valence-corrected chi connectivity index (χ3v) is 11.0. The van der Waals surface area contributed by atoms with Crippen molar-refractivity contribution in [2.45, 2.75) is 55.4 Å². The van der Waals surface area contributed by atoms with Gasteiger partial charge in [-0.25, -0.2) is 24.7 Å². The Morgan fingerprint density at radius 2 is 0.708 bits per heavy atom. The Hall–Kier alpha value is -8.40. The van der Waals surface area contributed by atoms with E-state index >= 15 is 0 Å². The number of benzene rings is 4. The predicted molar refractivity (Wildman–Crippen MR) is 279 cm³/mol. The van der Waals surface area contributed by atoms with Crippen molar-refractivity contribution >= 4 is 84.4 Å². The number of amides is 3. The smallest absolute Gasteiger partial charge is 0.354 e. The number of aromatic nitrogens is 4. The van der Waals surface area contributed by atoms with Crippen molar-refractivity contribution in [2.75, 3.05) is 42.4 Å². The highest BCUT2D eigenvalue weighted by Gasteiger charge is 2.24. The minimum atomic E-state index is -1.26. The maximum absolute atomic E-state index is 14.5. The van der Waals surface area contributed by atoms with Crippen molar-refractivity contribution < 1.29 is 43.2 Å². The summed E-state index contributed by atoms with van der Waals surface area (Å²) in [4.78, 5) is 73.9. The first-order chi connectivity index (χ1) is 34.5. The topological polar surface area (TPSA) is 213 Å². The van der Waals surface area contributed by atoms with Gasteiger partial charge in [0.2, 0.25) is 0 Å². The van der Waals surface area contributed by atoms with Gasteiger partial charge in [0.25, 0.3) is 17.7 Å². The Bertz CT molecular complexity index is 3360. The first kappa shape index (κ1) is 50.0. The Morgan fingerprint density at radius 1 is 0.417 bits per heavy atom. The van der Waals surface area contributed by atoms with Crippen LogP contribution in [-0.4, -0.2) is 75.2 Å². The number of para-hydroxylation sites is 3. The average Bonchev–Trinajstić information content (AvgIpc) is 3.35. The lowest BCUT2D eigenvalue weighted by atomic mass is 10.1. The lowest BCUT2D eigenvalue weighted by Crippen LogP contribution is -2.19. The van der Waals surface area contributed by atoms with E-state index in [1.807, 2.05) is 85.7 Å². The third kappa shape index (κ3) is 11.4.